The largest absolute Gasteiger partial charge is 0.399 e. The van der Waals surface area contributed by atoms with Crippen LogP contribution in [0.5, 0.6) is 0 Å². The van der Waals surface area contributed by atoms with Gasteiger partial charge in [-0.25, -0.2) is 0 Å². The average molecular weight is 284 g/mol. The molecule has 4 aromatic rings. The van der Waals surface area contributed by atoms with E-state index in [1.807, 2.05) is 24.3 Å². The van der Waals surface area contributed by atoms with E-state index in [4.69, 9.17) is 11.5 Å². The zero-order chi connectivity index (χ0) is 15.1. The summed E-state index contributed by atoms with van der Waals surface area (Å²) in [6.45, 7) is 0. The van der Waals surface area contributed by atoms with Crippen molar-refractivity contribution in [2.45, 2.75) is 0 Å². The molecule has 22 heavy (non-hydrogen) atoms. The Balaban J connectivity index is 1.99. The van der Waals surface area contributed by atoms with Crippen LogP contribution in [-0.4, -0.2) is 0 Å². The van der Waals surface area contributed by atoms with Gasteiger partial charge in [0, 0.05) is 11.4 Å². The van der Waals surface area contributed by atoms with Gasteiger partial charge in [0.2, 0.25) is 0 Å². The number of rotatable bonds is 1. The van der Waals surface area contributed by atoms with Crippen molar-refractivity contribution < 1.29 is 0 Å². The highest BCUT2D eigenvalue weighted by atomic mass is 14.5. The molecule has 0 fully saturated rings. The number of fused-ring (bicyclic) bond motifs is 3. The zero-order valence-corrected chi connectivity index (χ0v) is 12.1. The number of hydrogen-bond donors (Lipinski definition) is 2. The molecule has 0 atom stereocenters. The number of hydrogen-bond acceptors (Lipinski definition) is 2. The molecule has 2 nitrogen and oxygen atoms in total. The molecule has 0 bridgehead atoms. The van der Waals surface area contributed by atoms with E-state index in [1.165, 1.54) is 32.7 Å². The predicted octanol–water partition coefficient (Wildman–Crippen LogP) is 4.82. The van der Waals surface area contributed by atoms with Crippen molar-refractivity contribution in [3.05, 3.63) is 72.8 Å². The molecule has 0 aliphatic carbocycles. The molecule has 0 heterocycles. The molecule has 0 aliphatic heterocycles. The summed E-state index contributed by atoms with van der Waals surface area (Å²) in [7, 11) is 0. The first-order valence-electron chi connectivity index (χ1n) is 7.29. The van der Waals surface area contributed by atoms with E-state index in [9.17, 15) is 0 Å². The van der Waals surface area contributed by atoms with Gasteiger partial charge >= 0.3 is 0 Å². The lowest BCUT2D eigenvalue weighted by Gasteiger charge is -2.08. The Kier molecular flexibility index (Phi) is 2.76. The van der Waals surface area contributed by atoms with E-state index in [-0.39, 0.29) is 0 Å². The first-order valence-corrected chi connectivity index (χ1v) is 7.29. The molecule has 0 saturated heterocycles. The van der Waals surface area contributed by atoms with Gasteiger partial charge in [0.25, 0.3) is 0 Å². The Morgan fingerprint density at radius 2 is 1.09 bits per heavy atom. The standard InChI is InChI=1S/C20H16N2/c21-17-7-5-13(6-8-17)15-3-1-14-2-4-16-11-18(22)9-10-19(16)20(14)12-15/h1-12H,21-22H2. The lowest BCUT2D eigenvalue weighted by atomic mass is 9.97. The summed E-state index contributed by atoms with van der Waals surface area (Å²) in [6.07, 6.45) is 0. The topological polar surface area (TPSA) is 52.0 Å². The third-order valence-corrected chi connectivity index (χ3v) is 4.11. The minimum atomic E-state index is 0.783. The first kappa shape index (κ1) is 12.7. The molecule has 0 radical (unpaired) electrons. The Morgan fingerprint density at radius 3 is 1.91 bits per heavy atom. The molecule has 0 amide bonds. The average Bonchev–Trinajstić information content (AvgIpc) is 2.54. The second-order valence-electron chi connectivity index (χ2n) is 5.60. The number of nitrogen functional groups attached to an aromatic ring is 2. The number of benzene rings is 4. The summed E-state index contributed by atoms with van der Waals surface area (Å²) in [5, 5.41) is 4.87. The van der Waals surface area contributed by atoms with Crippen LogP contribution in [0.4, 0.5) is 11.4 Å². The van der Waals surface area contributed by atoms with Gasteiger partial charge in [0.1, 0.15) is 0 Å². The van der Waals surface area contributed by atoms with Crippen molar-refractivity contribution >= 4 is 32.9 Å². The highest BCUT2D eigenvalue weighted by molar-refractivity contribution is 6.09. The van der Waals surface area contributed by atoms with Crippen LogP contribution < -0.4 is 11.5 Å². The van der Waals surface area contributed by atoms with E-state index in [0.717, 1.165) is 11.4 Å². The normalized spacial score (nSPS) is 11.1. The quantitative estimate of drug-likeness (QED) is 0.389. The smallest absolute Gasteiger partial charge is 0.0320 e. The lowest BCUT2D eigenvalue weighted by Crippen LogP contribution is -1.86. The second kappa shape index (κ2) is 4.78. The third-order valence-electron chi connectivity index (χ3n) is 4.11. The minimum Gasteiger partial charge on any atom is -0.399 e. The molecule has 0 aromatic heterocycles. The van der Waals surface area contributed by atoms with Crippen LogP contribution in [-0.2, 0) is 0 Å². The van der Waals surface area contributed by atoms with Gasteiger partial charge < -0.3 is 11.5 Å². The van der Waals surface area contributed by atoms with Crippen molar-refractivity contribution in [1.82, 2.24) is 0 Å². The fourth-order valence-electron chi connectivity index (χ4n) is 2.93. The maximum Gasteiger partial charge on any atom is 0.0320 e. The molecule has 2 heteroatoms. The van der Waals surface area contributed by atoms with Crippen LogP contribution in [0.1, 0.15) is 0 Å². The van der Waals surface area contributed by atoms with Gasteiger partial charge in [0.05, 0.1) is 0 Å². The molecular formula is C20H16N2. The van der Waals surface area contributed by atoms with Crippen LogP contribution in [0.3, 0.4) is 0 Å². The van der Waals surface area contributed by atoms with Gasteiger partial charge in [-0.1, -0.05) is 42.5 Å². The Labute approximate surface area is 129 Å². The molecule has 0 saturated carbocycles. The summed E-state index contributed by atoms with van der Waals surface area (Å²) in [6, 6.07) is 24.9. The van der Waals surface area contributed by atoms with Crippen molar-refractivity contribution in [3.8, 4) is 11.1 Å². The Morgan fingerprint density at radius 1 is 0.455 bits per heavy atom. The van der Waals surface area contributed by atoms with E-state index in [1.54, 1.807) is 0 Å². The van der Waals surface area contributed by atoms with Crippen molar-refractivity contribution in [1.29, 1.82) is 0 Å². The van der Waals surface area contributed by atoms with Crippen LogP contribution in [0.25, 0.3) is 32.7 Å². The summed E-state index contributed by atoms with van der Waals surface area (Å²) >= 11 is 0. The zero-order valence-electron chi connectivity index (χ0n) is 12.1. The van der Waals surface area contributed by atoms with E-state index < -0.39 is 0 Å². The minimum absolute atomic E-state index is 0.783. The Hall–Kier alpha value is -3.00. The van der Waals surface area contributed by atoms with Crippen LogP contribution in [0.15, 0.2) is 72.8 Å². The Bertz CT molecular complexity index is 986. The van der Waals surface area contributed by atoms with Crippen LogP contribution in [0.2, 0.25) is 0 Å². The summed E-state index contributed by atoms with van der Waals surface area (Å²) in [5.41, 5.74) is 15.6. The molecule has 0 unspecified atom stereocenters. The number of anilines is 2. The SMILES string of the molecule is Nc1ccc(-c2ccc3ccc4cc(N)ccc4c3c2)cc1. The van der Waals surface area contributed by atoms with E-state index in [0.29, 0.717) is 0 Å². The van der Waals surface area contributed by atoms with Gasteiger partial charge in [-0.3, -0.25) is 0 Å². The highest BCUT2D eigenvalue weighted by Gasteiger charge is 2.04. The van der Waals surface area contributed by atoms with Crippen LogP contribution >= 0.6 is 0 Å². The van der Waals surface area contributed by atoms with E-state index in [2.05, 4.69) is 48.5 Å². The first-order chi connectivity index (χ1) is 10.7. The van der Waals surface area contributed by atoms with Gasteiger partial charge in [0.15, 0.2) is 0 Å². The lowest BCUT2D eigenvalue weighted by molar-refractivity contribution is 1.64. The fourth-order valence-corrected chi connectivity index (χ4v) is 2.93. The maximum absolute atomic E-state index is 5.89. The van der Waals surface area contributed by atoms with Crippen LogP contribution in [0, 0.1) is 0 Å². The van der Waals surface area contributed by atoms with Gasteiger partial charge in [-0.2, -0.15) is 0 Å². The fraction of sp³-hybridized carbons (Fsp3) is 0. The molecular weight excluding hydrogens is 268 g/mol. The van der Waals surface area contributed by atoms with Crippen molar-refractivity contribution in [2.24, 2.45) is 0 Å². The molecule has 4 N–H and O–H groups in total. The third kappa shape index (κ3) is 2.06. The molecule has 4 aromatic carbocycles. The predicted molar refractivity (Wildman–Crippen MR) is 95.7 cm³/mol. The van der Waals surface area contributed by atoms with Crippen molar-refractivity contribution in [3.63, 3.8) is 0 Å². The molecule has 0 spiro atoms. The van der Waals surface area contributed by atoms with E-state index >= 15 is 0 Å². The molecule has 4 rings (SSSR count). The number of nitrogens with two attached hydrogens (primary N) is 2. The monoisotopic (exact) mass is 284 g/mol. The maximum atomic E-state index is 5.89. The summed E-state index contributed by atoms with van der Waals surface area (Å²) in [5.74, 6) is 0. The molecule has 106 valence electrons. The summed E-state index contributed by atoms with van der Waals surface area (Å²) in [4.78, 5) is 0. The second-order valence-corrected chi connectivity index (χ2v) is 5.60. The van der Waals surface area contributed by atoms with Gasteiger partial charge in [-0.05, 0) is 63.0 Å². The summed E-state index contributed by atoms with van der Waals surface area (Å²) < 4.78 is 0. The highest BCUT2D eigenvalue weighted by Crippen LogP contribution is 2.31. The van der Waals surface area contributed by atoms with Gasteiger partial charge in [-0.15, -0.1) is 0 Å². The van der Waals surface area contributed by atoms with Crippen molar-refractivity contribution in [2.75, 3.05) is 11.5 Å². The molecule has 0 aliphatic rings.